The van der Waals surface area contributed by atoms with E-state index in [1.165, 1.54) is 0 Å². The highest BCUT2D eigenvalue weighted by molar-refractivity contribution is 5.76. The molecule has 0 aliphatic carbocycles. The minimum Gasteiger partial charge on any atom is -0.389 e. The molecule has 1 fully saturated rings. The van der Waals surface area contributed by atoms with E-state index >= 15 is 0 Å². The molecule has 106 valence electrons. The second kappa shape index (κ2) is 7.10. The zero-order valence-corrected chi connectivity index (χ0v) is 11.9. The molecule has 0 spiro atoms. The predicted molar refractivity (Wildman–Crippen MR) is 71.3 cm³/mol. The summed E-state index contributed by atoms with van der Waals surface area (Å²) in [7, 11) is 0. The van der Waals surface area contributed by atoms with Gasteiger partial charge in [-0.15, -0.1) is 0 Å². The van der Waals surface area contributed by atoms with E-state index in [0.29, 0.717) is 25.4 Å². The number of ether oxygens (including phenoxy) is 1. The summed E-state index contributed by atoms with van der Waals surface area (Å²) in [5, 5.41) is 9.77. The lowest BCUT2D eigenvalue weighted by Gasteiger charge is -2.29. The van der Waals surface area contributed by atoms with Crippen molar-refractivity contribution in [2.24, 2.45) is 5.92 Å². The number of hydrogen-bond donors (Lipinski definition) is 1. The summed E-state index contributed by atoms with van der Waals surface area (Å²) in [5.74, 6) is 0.787. The van der Waals surface area contributed by atoms with Crippen LogP contribution in [0.3, 0.4) is 0 Å². The van der Waals surface area contributed by atoms with Crippen LogP contribution in [0.2, 0.25) is 0 Å². The molecule has 0 bridgehead atoms. The second-order valence-electron chi connectivity index (χ2n) is 5.81. The summed E-state index contributed by atoms with van der Waals surface area (Å²) in [4.78, 5) is 13.8. The van der Waals surface area contributed by atoms with Gasteiger partial charge in [0.15, 0.2) is 0 Å². The van der Waals surface area contributed by atoms with Crippen LogP contribution in [-0.2, 0) is 9.53 Å². The van der Waals surface area contributed by atoms with E-state index in [0.717, 1.165) is 32.5 Å². The molecular weight excluding hydrogens is 230 g/mol. The maximum Gasteiger partial charge on any atom is 0.222 e. The SMILES string of the molecule is CCN(CC(C)(C)O)C(=O)CCC1CCOCC1. The highest BCUT2D eigenvalue weighted by atomic mass is 16.5. The van der Waals surface area contributed by atoms with Gasteiger partial charge in [-0.05, 0) is 46.0 Å². The molecule has 1 rings (SSSR count). The van der Waals surface area contributed by atoms with Gasteiger partial charge in [-0.3, -0.25) is 4.79 Å². The van der Waals surface area contributed by atoms with Gasteiger partial charge >= 0.3 is 0 Å². The van der Waals surface area contributed by atoms with E-state index in [-0.39, 0.29) is 5.91 Å². The number of hydrogen-bond acceptors (Lipinski definition) is 3. The van der Waals surface area contributed by atoms with Gasteiger partial charge in [-0.25, -0.2) is 0 Å². The van der Waals surface area contributed by atoms with Crippen molar-refractivity contribution in [1.82, 2.24) is 4.90 Å². The van der Waals surface area contributed by atoms with Crippen molar-refractivity contribution in [2.45, 2.75) is 52.1 Å². The van der Waals surface area contributed by atoms with Crippen molar-refractivity contribution in [2.75, 3.05) is 26.3 Å². The number of likely N-dealkylation sites (N-methyl/N-ethyl adjacent to an activating group) is 1. The molecule has 1 heterocycles. The summed E-state index contributed by atoms with van der Waals surface area (Å²) < 4.78 is 5.31. The van der Waals surface area contributed by atoms with E-state index in [9.17, 15) is 9.90 Å². The lowest BCUT2D eigenvalue weighted by Crippen LogP contribution is -2.42. The number of rotatable bonds is 6. The van der Waals surface area contributed by atoms with Crippen molar-refractivity contribution in [1.29, 1.82) is 0 Å². The third-order valence-corrected chi connectivity index (χ3v) is 3.42. The maximum atomic E-state index is 12.1. The van der Waals surface area contributed by atoms with Crippen molar-refractivity contribution in [3.8, 4) is 0 Å². The Bertz CT molecular complexity index is 254. The Hall–Kier alpha value is -0.610. The van der Waals surface area contributed by atoms with E-state index in [1.807, 2.05) is 6.92 Å². The van der Waals surface area contributed by atoms with Crippen LogP contribution in [-0.4, -0.2) is 47.8 Å². The van der Waals surface area contributed by atoms with Crippen molar-refractivity contribution >= 4 is 5.91 Å². The standard InChI is InChI=1S/C14H27NO3/c1-4-15(11-14(2,3)17)13(16)6-5-12-7-9-18-10-8-12/h12,17H,4-11H2,1-3H3. The monoisotopic (exact) mass is 257 g/mol. The normalized spacial score (nSPS) is 17.8. The average Bonchev–Trinajstić information content (AvgIpc) is 2.33. The summed E-state index contributed by atoms with van der Waals surface area (Å²) in [5.41, 5.74) is -0.815. The Kier molecular flexibility index (Phi) is 6.09. The molecular formula is C14H27NO3. The summed E-state index contributed by atoms with van der Waals surface area (Å²) >= 11 is 0. The van der Waals surface area contributed by atoms with Gasteiger partial charge in [0.1, 0.15) is 0 Å². The summed E-state index contributed by atoms with van der Waals surface area (Å²) in [6, 6.07) is 0. The number of nitrogens with zero attached hydrogens (tertiary/aromatic N) is 1. The molecule has 1 N–H and O–H groups in total. The molecule has 4 heteroatoms. The molecule has 1 amide bonds. The van der Waals surface area contributed by atoms with Gasteiger partial charge in [-0.1, -0.05) is 0 Å². The average molecular weight is 257 g/mol. The fraction of sp³-hybridized carbons (Fsp3) is 0.929. The molecule has 0 radical (unpaired) electrons. The largest absolute Gasteiger partial charge is 0.389 e. The first-order chi connectivity index (χ1) is 8.42. The molecule has 0 saturated carbocycles. The minimum absolute atomic E-state index is 0.158. The van der Waals surface area contributed by atoms with Crippen molar-refractivity contribution in [3.63, 3.8) is 0 Å². The summed E-state index contributed by atoms with van der Waals surface area (Å²) in [6.07, 6.45) is 3.69. The van der Waals surface area contributed by atoms with E-state index in [1.54, 1.807) is 18.7 Å². The molecule has 0 aromatic heterocycles. The molecule has 0 unspecified atom stereocenters. The van der Waals surface area contributed by atoms with Gasteiger partial charge in [-0.2, -0.15) is 0 Å². The van der Waals surface area contributed by atoms with E-state index < -0.39 is 5.60 Å². The Morgan fingerprint density at radius 3 is 2.50 bits per heavy atom. The van der Waals surface area contributed by atoms with Crippen LogP contribution in [0.25, 0.3) is 0 Å². The van der Waals surface area contributed by atoms with Crippen LogP contribution in [0.5, 0.6) is 0 Å². The van der Waals surface area contributed by atoms with Crippen LogP contribution in [0.15, 0.2) is 0 Å². The lowest BCUT2D eigenvalue weighted by molar-refractivity contribution is -0.134. The third-order valence-electron chi connectivity index (χ3n) is 3.42. The molecule has 0 aromatic rings. The number of carbonyl (C=O) groups excluding carboxylic acids is 1. The number of amides is 1. The fourth-order valence-electron chi connectivity index (χ4n) is 2.36. The first-order valence-electron chi connectivity index (χ1n) is 7.00. The maximum absolute atomic E-state index is 12.1. The van der Waals surface area contributed by atoms with Crippen LogP contribution in [0, 0.1) is 5.92 Å². The molecule has 1 saturated heterocycles. The van der Waals surface area contributed by atoms with Crippen LogP contribution < -0.4 is 0 Å². The summed E-state index contributed by atoms with van der Waals surface area (Å²) in [6.45, 7) is 8.17. The van der Waals surface area contributed by atoms with Crippen molar-refractivity contribution < 1.29 is 14.6 Å². The lowest BCUT2D eigenvalue weighted by atomic mass is 9.94. The molecule has 0 atom stereocenters. The molecule has 1 aliphatic heterocycles. The first kappa shape index (κ1) is 15.4. The van der Waals surface area contributed by atoms with E-state index in [4.69, 9.17) is 4.74 Å². The molecule has 18 heavy (non-hydrogen) atoms. The molecule has 0 aromatic carbocycles. The highest BCUT2D eigenvalue weighted by Crippen LogP contribution is 2.20. The smallest absolute Gasteiger partial charge is 0.222 e. The quantitative estimate of drug-likeness (QED) is 0.789. The zero-order chi connectivity index (χ0) is 13.6. The Morgan fingerprint density at radius 2 is 2.00 bits per heavy atom. The fourth-order valence-corrected chi connectivity index (χ4v) is 2.36. The van der Waals surface area contributed by atoms with Crippen LogP contribution in [0.1, 0.15) is 46.5 Å². The van der Waals surface area contributed by atoms with Crippen molar-refractivity contribution in [3.05, 3.63) is 0 Å². The minimum atomic E-state index is -0.815. The molecule has 1 aliphatic rings. The van der Waals surface area contributed by atoms with Gasteiger partial charge in [0, 0.05) is 32.7 Å². The highest BCUT2D eigenvalue weighted by Gasteiger charge is 2.22. The Labute approximate surface area is 110 Å². The molecule has 4 nitrogen and oxygen atoms in total. The van der Waals surface area contributed by atoms with E-state index in [2.05, 4.69) is 0 Å². The van der Waals surface area contributed by atoms with Gasteiger partial charge < -0.3 is 14.7 Å². The third kappa shape index (κ3) is 5.83. The second-order valence-corrected chi connectivity index (χ2v) is 5.81. The van der Waals surface area contributed by atoms with Gasteiger partial charge in [0.05, 0.1) is 5.60 Å². The zero-order valence-electron chi connectivity index (χ0n) is 11.9. The first-order valence-corrected chi connectivity index (χ1v) is 7.00. The van der Waals surface area contributed by atoms with Gasteiger partial charge in [0.2, 0.25) is 5.91 Å². The Morgan fingerprint density at radius 1 is 1.39 bits per heavy atom. The number of aliphatic hydroxyl groups is 1. The van der Waals surface area contributed by atoms with Crippen LogP contribution in [0.4, 0.5) is 0 Å². The number of carbonyl (C=O) groups is 1. The topological polar surface area (TPSA) is 49.8 Å². The van der Waals surface area contributed by atoms with Gasteiger partial charge in [0.25, 0.3) is 0 Å². The predicted octanol–water partition coefficient (Wildman–Crippen LogP) is 1.81. The Balaban J connectivity index is 2.32. The van der Waals surface area contributed by atoms with Crippen LogP contribution >= 0.6 is 0 Å².